The fourth-order valence-corrected chi connectivity index (χ4v) is 5.22. The van der Waals surface area contributed by atoms with E-state index in [9.17, 15) is 14.4 Å². The number of halogens is 2. The average molecular weight is 544 g/mol. The van der Waals surface area contributed by atoms with Gasteiger partial charge in [0.1, 0.15) is 0 Å². The van der Waals surface area contributed by atoms with Crippen LogP contribution in [0.5, 0.6) is 0 Å². The van der Waals surface area contributed by atoms with E-state index in [1.807, 2.05) is 11.4 Å². The highest BCUT2D eigenvalue weighted by Crippen LogP contribution is 2.34. The fourth-order valence-electron chi connectivity index (χ4n) is 3.92. The summed E-state index contributed by atoms with van der Waals surface area (Å²) in [5, 5.41) is 6.65. The molecule has 3 aromatic rings. The first kappa shape index (κ1) is 25.9. The number of hydrogen-bond acceptors (Lipinski definition) is 6. The van der Waals surface area contributed by atoms with Crippen LogP contribution in [0.2, 0.25) is 10.0 Å². The summed E-state index contributed by atoms with van der Waals surface area (Å²) in [6, 6.07) is 12.0. The van der Waals surface area contributed by atoms with E-state index in [2.05, 4.69) is 5.32 Å². The molecule has 7 nitrogen and oxygen atoms in total. The first-order chi connectivity index (χ1) is 17.4. The molecule has 36 heavy (non-hydrogen) atoms. The van der Waals surface area contributed by atoms with Gasteiger partial charge in [0, 0.05) is 42.1 Å². The van der Waals surface area contributed by atoms with Gasteiger partial charge in [0.15, 0.2) is 0 Å². The number of para-hydroxylation sites is 1. The highest BCUT2D eigenvalue weighted by Gasteiger charge is 2.25. The Hall–Kier alpha value is -3.20. The summed E-state index contributed by atoms with van der Waals surface area (Å²) in [7, 11) is 1.27. The smallest absolute Gasteiger partial charge is 0.339 e. The lowest BCUT2D eigenvalue weighted by Crippen LogP contribution is -2.37. The van der Waals surface area contributed by atoms with Gasteiger partial charge < -0.3 is 15.0 Å². The number of nitrogens with one attached hydrogen (secondary N) is 1. The van der Waals surface area contributed by atoms with Gasteiger partial charge in [-0.05, 0) is 37.1 Å². The molecule has 0 bridgehead atoms. The molecule has 0 saturated carbocycles. The lowest BCUT2D eigenvalue weighted by atomic mass is 9.97. The van der Waals surface area contributed by atoms with Crippen molar-refractivity contribution in [2.24, 2.45) is 0 Å². The highest BCUT2D eigenvalue weighted by molar-refractivity contribution is 7.10. The quantitative estimate of drug-likeness (QED) is 0.313. The van der Waals surface area contributed by atoms with Crippen molar-refractivity contribution < 1.29 is 19.1 Å². The zero-order valence-electron chi connectivity index (χ0n) is 19.4. The van der Waals surface area contributed by atoms with Crippen molar-refractivity contribution in [2.75, 3.05) is 25.5 Å². The Morgan fingerprint density at radius 3 is 2.56 bits per heavy atom. The second-order valence-electron chi connectivity index (χ2n) is 8.16. The second kappa shape index (κ2) is 11.7. The number of carbonyl (C=O) groups is 3. The molecule has 0 unspecified atom stereocenters. The van der Waals surface area contributed by atoms with Gasteiger partial charge in [0.2, 0.25) is 11.8 Å². The minimum Gasteiger partial charge on any atom is -0.465 e. The molecule has 1 aliphatic rings. The Kier molecular flexibility index (Phi) is 8.40. The lowest BCUT2D eigenvalue weighted by molar-refractivity contribution is -0.127. The molecule has 1 aromatic heterocycles. The van der Waals surface area contributed by atoms with Crippen LogP contribution in [0.1, 0.15) is 34.1 Å². The van der Waals surface area contributed by atoms with Crippen LogP contribution in [0.4, 0.5) is 5.69 Å². The predicted molar refractivity (Wildman–Crippen MR) is 142 cm³/mol. The third-order valence-corrected chi connectivity index (χ3v) is 7.61. The summed E-state index contributed by atoms with van der Waals surface area (Å²) in [5.41, 5.74) is 2.32. The molecule has 2 heterocycles. The van der Waals surface area contributed by atoms with Crippen molar-refractivity contribution in [3.63, 3.8) is 0 Å². The number of ether oxygens (including phenoxy) is 1. The minimum absolute atomic E-state index is 0.236. The topological polar surface area (TPSA) is 88.6 Å². The fraction of sp³-hybridized carbons (Fsp3) is 0.231. The molecule has 0 aliphatic carbocycles. The van der Waals surface area contributed by atoms with Crippen molar-refractivity contribution in [1.82, 2.24) is 9.88 Å². The van der Waals surface area contributed by atoms with Crippen LogP contribution in [-0.4, -0.2) is 47.9 Å². The van der Waals surface area contributed by atoms with E-state index in [1.165, 1.54) is 19.3 Å². The number of anilines is 1. The van der Waals surface area contributed by atoms with E-state index in [0.29, 0.717) is 28.8 Å². The number of rotatable bonds is 6. The molecular weight excluding hydrogens is 521 g/mol. The third-order valence-electron chi connectivity index (χ3n) is 5.86. The maximum atomic E-state index is 12.6. The van der Waals surface area contributed by atoms with Gasteiger partial charge in [0.25, 0.3) is 0 Å². The molecule has 0 radical (unpaired) electrons. The van der Waals surface area contributed by atoms with Gasteiger partial charge in [-0.2, -0.15) is 0 Å². The van der Waals surface area contributed by atoms with Crippen LogP contribution in [0.25, 0.3) is 11.3 Å². The molecule has 2 aromatic carbocycles. The van der Waals surface area contributed by atoms with Crippen LogP contribution in [0, 0.1) is 0 Å². The Morgan fingerprint density at radius 2 is 1.83 bits per heavy atom. The number of likely N-dealkylation sites (tertiary alicyclic amines) is 1. The summed E-state index contributed by atoms with van der Waals surface area (Å²) >= 11 is 13.7. The SMILES string of the molecule is COC(=O)c1ccccc1NC(=O)/C=C/C(=O)N1CCC(c2nc(-c3ccc(Cl)c(Cl)c3)cs2)CC1. The Balaban J connectivity index is 1.31. The van der Waals surface area contributed by atoms with Gasteiger partial charge in [0.05, 0.1) is 39.1 Å². The minimum atomic E-state index is -0.557. The number of benzene rings is 2. The van der Waals surface area contributed by atoms with Crippen LogP contribution in [0.3, 0.4) is 0 Å². The zero-order valence-corrected chi connectivity index (χ0v) is 21.7. The van der Waals surface area contributed by atoms with E-state index in [0.717, 1.165) is 29.1 Å². The van der Waals surface area contributed by atoms with Gasteiger partial charge in [-0.15, -0.1) is 11.3 Å². The molecule has 1 fully saturated rings. The second-order valence-corrected chi connectivity index (χ2v) is 9.86. The van der Waals surface area contributed by atoms with E-state index < -0.39 is 11.9 Å². The number of thiazole rings is 1. The normalized spacial score (nSPS) is 14.1. The third kappa shape index (κ3) is 6.13. The molecule has 186 valence electrons. The summed E-state index contributed by atoms with van der Waals surface area (Å²) < 4.78 is 4.73. The molecule has 0 spiro atoms. The van der Waals surface area contributed by atoms with Crippen molar-refractivity contribution in [3.05, 3.63) is 80.6 Å². The van der Waals surface area contributed by atoms with E-state index >= 15 is 0 Å². The van der Waals surface area contributed by atoms with Crippen LogP contribution in [-0.2, 0) is 14.3 Å². The standard InChI is InChI=1S/C26H23Cl2N3O4S/c1-35-26(34)18-4-2-3-5-21(18)29-23(32)8-9-24(33)31-12-10-16(11-13-31)25-30-22(15-36-25)17-6-7-19(27)20(28)14-17/h2-9,14-16H,10-13H2,1H3,(H,29,32)/b9-8+. The Morgan fingerprint density at radius 1 is 1.08 bits per heavy atom. The van der Waals surface area contributed by atoms with Crippen molar-refractivity contribution in [2.45, 2.75) is 18.8 Å². The van der Waals surface area contributed by atoms with Gasteiger partial charge in [-0.1, -0.05) is 41.4 Å². The van der Waals surface area contributed by atoms with Gasteiger partial charge >= 0.3 is 5.97 Å². The largest absolute Gasteiger partial charge is 0.465 e. The molecule has 10 heteroatoms. The number of carbonyl (C=O) groups excluding carboxylic acids is 3. The number of piperidine rings is 1. The zero-order chi connectivity index (χ0) is 25.7. The predicted octanol–water partition coefficient (Wildman–Crippen LogP) is 5.80. The van der Waals surface area contributed by atoms with Gasteiger partial charge in [-0.25, -0.2) is 9.78 Å². The number of aromatic nitrogens is 1. The molecule has 2 amide bonds. The summed E-state index contributed by atoms with van der Waals surface area (Å²) in [4.78, 5) is 43.3. The first-order valence-corrected chi connectivity index (χ1v) is 12.9. The van der Waals surface area contributed by atoms with Crippen molar-refractivity contribution in [3.8, 4) is 11.3 Å². The number of nitrogens with zero attached hydrogens (tertiary/aromatic N) is 2. The van der Waals surface area contributed by atoms with Crippen LogP contribution >= 0.6 is 34.5 Å². The average Bonchev–Trinajstić information content (AvgIpc) is 3.39. The molecule has 1 N–H and O–H groups in total. The number of methoxy groups -OCH3 is 1. The monoisotopic (exact) mass is 543 g/mol. The van der Waals surface area contributed by atoms with Crippen LogP contribution < -0.4 is 5.32 Å². The number of esters is 1. The molecule has 0 atom stereocenters. The van der Waals surface area contributed by atoms with Crippen molar-refractivity contribution in [1.29, 1.82) is 0 Å². The van der Waals surface area contributed by atoms with Crippen LogP contribution in [0.15, 0.2) is 60.0 Å². The molecule has 1 aliphatic heterocycles. The Labute approximate surface area is 222 Å². The summed E-state index contributed by atoms with van der Waals surface area (Å²) in [5.74, 6) is -1.04. The van der Waals surface area contributed by atoms with Crippen molar-refractivity contribution >= 4 is 58.0 Å². The molecule has 1 saturated heterocycles. The number of amides is 2. The van der Waals surface area contributed by atoms with E-state index in [4.69, 9.17) is 32.9 Å². The highest BCUT2D eigenvalue weighted by atomic mass is 35.5. The maximum Gasteiger partial charge on any atom is 0.339 e. The lowest BCUT2D eigenvalue weighted by Gasteiger charge is -2.30. The molecular formula is C26H23Cl2N3O4S. The first-order valence-electron chi connectivity index (χ1n) is 11.2. The Bertz CT molecular complexity index is 1320. The summed E-state index contributed by atoms with van der Waals surface area (Å²) in [6.45, 7) is 1.14. The summed E-state index contributed by atoms with van der Waals surface area (Å²) in [6.07, 6.45) is 3.99. The maximum absolute atomic E-state index is 12.6. The van der Waals surface area contributed by atoms with Gasteiger partial charge in [-0.3, -0.25) is 9.59 Å². The molecule has 4 rings (SSSR count). The van der Waals surface area contributed by atoms with E-state index in [-0.39, 0.29) is 17.4 Å². The van der Waals surface area contributed by atoms with E-state index in [1.54, 1.807) is 52.6 Å². The number of hydrogen-bond donors (Lipinski definition) is 1.